The summed E-state index contributed by atoms with van der Waals surface area (Å²) in [5, 5.41) is 18.8. The fourth-order valence-corrected chi connectivity index (χ4v) is 3.83. The van der Waals surface area contributed by atoms with Crippen LogP contribution in [0.4, 0.5) is 0 Å². The van der Waals surface area contributed by atoms with Crippen molar-refractivity contribution in [3.63, 3.8) is 0 Å². The number of β-amino-alcohol motifs (C(OH)–C–C–N with tert-alkyl or cyclic N) is 1. The Labute approximate surface area is 146 Å². The lowest BCUT2D eigenvalue weighted by atomic mass is 9.97. The quantitative estimate of drug-likeness (QED) is 0.903. The SMILES string of the molecule is O=C(c1nnc2n1CCCCC2)N1C[C@@H](Cc2ccncc2)[C@H](O)C1. The number of aliphatic hydroxyl groups is 1. The lowest BCUT2D eigenvalue weighted by Crippen LogP contribution is -2.32. The van der Waals surface area contributed by atoms with Crippen LogP contribution in [-0.2, 0) is 19.4 Å². The van der Waals surface area contributed by atoms with E-state index in [1.54, 1.807) is 17.3 Å². The summed E-state index contributed by atoms with van der Waals surface area (Å²) < 4.78 is 1.97. The molecule has 2 aromatic rings. The summed E-state index contributed by atoms with van der Waals surface area (Å²) in [5.74, 6) is 1.26. The van der Waals surface area contributed by atoms with E-state index < -0.39 is 6.10 Å². The number of aliphatic hydroxyl groups excluding tert-OH is 1. The minimum Gasteiger partial charge on any atom is -0.391 e. The molecule has 1 fully saturated rings. The number of hydrogen-bond acceptors (Lipinski definition) is 5. The van der Waals surface area contributed by atoms with Crippen LogP contribution >= 0.6 is 0 Å². The van der Waals surface area contributed by atoms with Gasteiger partial charge in [0.25, 0.3) is 5.91 Å². The van der Waals surface area contributed by atoms with E-state index in [9.17, 15) is 9.90 Å². The van der Waals surface area contributed by atoms with Crippen molar-refractivity contribution in [3.8, 4) is 0 Å². The Bertz CT molecular complexity index is 745. The van der Waals surface area contributed by atoms with Crippen molar-refractivity contribution in [2.75, 3.05) is 13.1 Å². The Hall–Kier alpha value is -2.28. The summed E-state index contributed by atoms with van der Waals surface area (Å²) >= 11 is 0. The maximum Gasteiger partial charge on any atom is 0.291 e. The van der Waals surface area contributed by atoms with Gasteiger partial charge >= 0.3 is 0 Å². The summed E-state index contributed by atoms with van der Waals surface area (Å²) in [6.45, 7) is 1.71. The normalized spacial score (nSPS) is 23.3. The molecule has 0 saturated carbocycles. The molecular formula is C18H23N5O2. The molecule has 25 heavy (non-hydrogen) atoms. The minimum absolute atomic E-state index is 0.0397. The Morgan fingerprint density at radius 2 is 2.00 bits per heavy atom. The first-order valence-corrected chi connectivity index (χ1v) is 9.00. The summed E-state index contributed by atoms with van der Waals surface area (Å²) in [4.78, 5) is 18.7. The van der Waals surface area contributed by atoms with E-state index in [1.807, 2.05) is 16.7 Å². The summed E-state index contributed by atoms with van der Waals surface area (Å²) in [5.41, 5.74) is 1.13. The highest BCUT2D eigenvalue weighted by atomic mass is 16.3. The molecule has 0 radical (unpaired) electrons. The second-order valence-electron chi connectivity index (χ2n) is 7.00. The molecule has 1 N–H and O–H groups in total. The van der Waals surface area contributed by atoms with Crippen LogP contribution in [0, 0.1) is 5.92 Å². The molecule has 1 amide bonds. The van der Waals surface area contributed by atoms with Crippen molar-refractivity contribution >= 4 is 5.91 Å². The summed E-state index contributed by atoms with van der Waals surface area (Å²) in [7, 11) is 0. The van der Waals surface area contributed by atoms with Crippen LogP contribution in [0.15, 0.2) is 24.5 Å². The number of amides is 1. The second kappa shape index (κ2) is 6.92. The Morgan fingerprint density at radius 1 is 1.16 bits per heavy atom. The lowest BCUT2D eigenvalue weighted by Gasteiger charge is -2.16. The van der Waals surface area contributed by atoms with E-state index in [1.165, 1.54) is 0 Å². The first kappa shape index (κ1) is 16.2. The molecule has 0 unspecified atom stereocenters. The molecule has 132 valence electrons. The molecular weight excluding hydrogens is 318 g/mol. The van der Waals surface area contributed by atoms with E-state index in [-0.39, 0.29) is 11.8 Å². The highest BCUT2D eigenvalue weighted by Gasteiger charge is 2.36. The van der Waals surface area contributed by atoms with E-state index in [4.69, 9.17) is 0 Å². The average Bonchev–Trinajstić information content (AvgIpc) is 3.11. The molecule has 4 heterocycles. The number of rotatable bonds is 3. The highest BCUT2D eigenvalue weighted by molar-refractivity contribution is 5.91. The van der Waals surface area contributed by atoms with Crippen LogP contribution in [0.5, 0.6) is 0 Å². The van der Waals surface area contributed by atoms with Crippen molar-refractivity contribution in [3.05, 3.63) is 41.7 Å². The van der Waals surface area contributed by atoms with Crippen molar-refractivity contribution < 1.29 is 9.90 Å². The van der Waals surface area contributed by atoms with Crippen LogP contribution in [0.2, 0.25) is 0 Å². The maximum atomic E-state index is 12.9. The smallest absolute Gasteiger partial charge is 0.291 e. The zero-order valence-corrected chi connectivity index (χ0v) is 14.2. The Kier molecular flexibility index (Phi) is 4.48. The number of carbonyl (C=O) groups is 1. The van der Waals surface area contributed by atoms with Crippen molar-refractivity contribution in [2.45, 2.75) is 44.8 Å². The molecule has 4 rings (SSSR count). The standard InChI is InChI=1S/C18H23N5O2/c24-15-12-22(11-14(15)10-13-5-7-19-8-6-13)18(25)17-21-20-16-4-2-1-3-9-23(16)17/h5-8,14-15,24H,1-4,9-12H2/t14-,15-/m1/s1. The van der Waals surface area contributed by atoms with Crippen molar-refractivity contribution in [1.29, 1.82) is 0 Å². The van der Waals surface area contributed by atoms with Crippen LogP contribution in [0.25, 0.3) is 0 Å². The number of nitrogens with zero attached hydrogens (tertiary/aromatic N) is 5. The van der Waals surface area contributed by atoms with E-state index in [0.717, 1.165) is 50.0 Å². The molecule has 0 aliphatic carbocycles. The topological polar surface area (TPSA) is 84.1 Å². The Balaban J connectivity index is 1.47. The fraction of sp³-hybridized carbons (Fsp3) is 0.556. The summed E-state index contributed by atoms with van der Waals surface area (Å²) in [6.07, 6.45) is 7.94. The van der Waals surface area contributed by atoms with Crippen LogP contribution in [0.1, 0.15) is 41.3 Å². The third kappa shape index (κ3) is 3.28. The van der Waals surface area contributed by atoms with E-state index in [0.29, 0.717) is 18.9 Å². The average molecular weight is 341 g/mol. The van der Waals surface area contributed by atoms with Gasteiger partial charge in [0.2, 0.25) is 5.82 Å². The molecule has 7 heteroatoms. The first-order valence-electron chi connectivity index (χ1n) is 9.00. The maximum absolute atomic E-state index is 12.9. The molecule has 0 aromatic carbocycles. The largest absolute Gasteiger partial charge is 0.391 e. The van der Waals surface area contributed by atoms with Gasteiger partial charge in [-0.15, -0.1) is 10.2 Å². The van der Waals surface area contributed by atoms with Gasteiger partial charge in [0, 0.05) is 44.4 Å². The van der Waals surface area contributed by atoms with Gasteiger partial charge in [-0.2, -0.15) is 0 Å². The van der Waals surface area contributed by atoms with Gasteiger partial charge in [-0.25, -0.2) is 0 Å². The molecule has 2 aromatic heterocycles. The predicted octanol–water partition coefficient (Wildman–Crippen LogP) is 1.08. The number of carbonyl (C=O) groups excluding carboxylic acids is 1. The van der Waals surface area contributed by atoms with Gasteiger partial charge in [-0.3, -0.25) is 9.78 Å². The van der Waals surface area contributed by atoms with Crippen molar-refractivity contribution in [2.24, 2.45) is 5.92 Å². The third-order valence-corrected chi connectivity index (χ3v) is 5.24. The molecule has 1 saturated heterocycles. The molecule has 2 aliphatic heterocycles. The fourth-order valence-electron chi connectivity index (χ4n) is 3.83. The molecule has 2 atom stereocenters. The molecule has 7 nitrogen and oxygen atoms in total. The lowest BCUT2D eigenvalue weighted by molar-refractivity contribution is 0.0747. The van der Waals surface area contributed by atoms with Crippen LogP contribution in [0.3, 0.4) is 0 Å². The van der Waals surface area contributed by atoms with E-state index >= 15 is 0 Å². The van der Waals surface area contributed by atoms with Crippen LogP contribution < -0.4 is 0 Å². The molecule has 0 bridgehead atoms. The molecule has 2 aliphatic rings. The first-order chi connectivity index (χ1) is 12.2. The van der Waals surface area contributed by atoms with Crippen LogP contribution in [-0.4, -0.2) is 54.9 Å². The zero-order chi connectivity index (χ0) is 17.2. The summed E-state index contributed by atoms with van der Waals surface area (Å²) in [6, 6.07) is 3.91. The Morgan fingerprint density at radius 3 is 2.84 bits per heavy atom. The second-order valence-corrected chi connectivity index (χ2v) is 7.00. The number of pyridine rings is 1. The van der Waals surface area contributed by atoms with Gasteiger partial charge in [0.15, 0.2) is 0 Å². The van der Waals surface area contributed by atoms with Gasteiger partial charge in [0.1, 0.15) is 5.82 Å². The number of hydrogen-bond donors (Lipinski definition) is 1. The molecule has 0 spiro atoms. The monoisotopic (exact) mass is 341 g/mol. The predicted molar refractivity (Wildman–Crippen MR) is 90.9 cm³/mol. The number of fused-ring (bicyclic) bond motifs is 1. The van der Waals surface area contributed by atoms with Gasteiger partial charge in [-0.1, -0.05) is 6.42 Å². The van der Waals surface area contributed by atoms with Crippen molar-refractivity contribution in [1.82, 2.24) is 24.6 Å². The number of likely N-dealkylation sites (tertiary alicyclic amines) is 1. The van der Waals surface area contributed by atoms with Gasteiger partial charge in [0.05, 0.1) is 6.10 Å². The van der Waals surface area contributed by atoms with E-state index in [2.05, 4.69) is 15.2 Å². The third-order valence-electron chi connectivity index (χ3n) is 5.24. The number of aryl methyl sites for hydroxylation is 1. The van der Waals surface area contributed by atoms with Gasteiger partial charge in [-0.05, 0) is 37.0 Å². The van der Waals surface area contributed by atoms with Gasteiger partial charge < -0.3 is 14.6 Å². The highest BCUT2D eigenvalue weighted by Crippen LogP contribution is 2.23. The minimum atomic E-state index is -0.511. The number of aromatic nitrogens is 4. The zero-order valence-electron chi connectivity index (χ0n) is 14.2.